The summed E-state index contributed by atoms with van der Waals surface area (Å²) >= 11 is 0. The zero-order chi connectivity index (χ0) is 7.28. The Balaban J connectivity index is 3.87. The summed E-state index contributed by atoms with van der Waals surface area (Å²) in [6.07, 6.45) is 2.89. The summed E-state index contributed by atoms with van der Waals surface area (Å²) in [6.45, 7) is 3.43. The Morgan fingerprint density at radius 3 is 2.33 bits per heavy atom. The largest absolute Gasteiger partial charge is 0.392 e. The highest BCUT2D eigenvalue weighted by molar-refractivity contribution is 5.01. The second-order valence-corrected chi connectivity index (χ2v) is 1.92. The predicted molar refractivity (Wildman–Crippen MR) is 35.6 cm³/mol. The van der Waals surface area contributed by atoms with Crippen molar-refractivity contribution in [3.05, 3.63) is 12.2 Å². The first-order chi connectivity index (χ1) is 4.22. The number of hydrogen-bond acceptors (Lipinski definition) is 2. The molecule has 0 aromatic rings. The van der Waals surface area contributed by atoms with E-state index in [0.717, 1.165) is 0 Å². The molecule has 2 heteroatoms. The summed E-state index contributed by atoms with van der Waals surface area (Å²) in [4.78, 5) is 0. The highest BCUT2D eigenvalue weighted by atomic mass is 16.3. The number of allylic oxidation sites excluding steroid dienone is 1. The zero-order valence-corrected chi connectivity index (χ0v) is 5.70. The van der Waals surface area contributed by atoms with Gasteiger partial charge in [0.1, 0.15) is 0 Å². The van der Waals surface area contributed by atoms with Gasteiger partial charge in [-0.2, -0.15) is 5.26 Å². The molecule has 0 aliphatic heterocycles. The first-order valence-electron chi connectivity index (χ1n) is 2.93. The molecule has 0 saturated heterocycles. The molecule has 50 valence electrons. The van der Waals surface area contributed by atoms with Gasteiger partial charge in [-0.25, -0.2) is 0 Å². The molecule has 0 aliphatic carbocycles. The molecule has 0 radical (unpaired) electrons. The Kier molecular flexibility index (Phi) is 3.74. The van der Waals surface area contributed by atoms with E-state index in [2.05, 4.69) is 0 Å². The standard InChI is InChI=1S/C7H11NO/c1-3-4-7(5-8)6(2)9/h3-4,6-7,9H,1-2H3/b4-3+. The van der Waals surface area contributed by atoms with E-state index in [1.807, 2.05) is 13.0 Å². The normalized spacial score (nSPS) is 17.1. The minimum atomic E-state index is -0.564. The smallest absolute Gasteiger partial charge is 0.0899 e. The number of nitrogens with zero attached hydrogens (tertiary/aromatic N) is 1. The molecule has 0 heterocycles. The molecule has 0 spiro atoms. The Morgan fingerprint density at radius 1 is 1.67 bits per heavy atom. The van der Waals surface area contributed by atoms with Crippen molar-refractivity contribution >= 4 is 0 Å². The van der Waals surface area contributed by atoms with Crippen LogP contribution in [0.15, 0.2) is 12.2 Å². The van der Waals surface area contributed by atoms with Crippen molar-refractivity contribution in [3.63, 3.8) is 0 Å². The summed E-state index contributed by atoms with van der Waals surface area (Å²) in [6, 6.07) is 1.97. The third-order valence-electron chi connectivity index (χ3n) is 1.07. The molecule has 0 amide bonds. The van der Waals surface area contributed by atoms with Gasteiger partial charge in [-0.1, -0.05) is 12.2 Å². The summed E-state index contributed by atoms with van der Waals surface area (Å²) in [7, 11) is 0. The van der Waals surface area contributed by atoms with Crippen molar-refractivity contribution in [1.82, 2.24) is 0 Å². The van der Waals surface area contributed by atoms with Crippen LogP contribution in [0.25, 0.3) is 0 Å². The van der Waals surface area contributed by atoms with E-state index in [0.29, 0.717) is 0 Å². The van der Waals surface area contributed by atoms with Crippen molar-refractivity contribution in [2.24, 2.45) is 5.92 Å². The fourth-order valence-electron chi connectivity index (χ4n) is 0.519. The van der Waals surface area contributed by atoms with Gasteiger partial charge in [0.15, 0.2) is 0 Å². The molecule has 2 nitrogen and oxygen atoms in total. The van der Waals surface area contributed by atoms with E-state index in [9.17, 15) is 0 Å². The Hall–Kier alpha value is -0.810. The van der Waals surface area contributed by atoms with Crippen LogP contribution in [0.4, 0.5) is 0 Å². The first kappa shape index (κ1) is 8.19. The number of nitriles is 1. The minimum absolute atomic E-state index is 0.352. The van der Waals surface area contributed by atoms with Crippen LogP contribution < -0.4 is 0 Å². The lowest BCUT2D eigenvalue weighted by molar-refractivity contribution is 0.171. The average Bonchev–Trinajstić information content (AvgIpc) is 1.82. The number of rotatable bonds is 2. The van der Waals surface area contributed by atoms with Crippen molar-refractivity contribution in [2.75, 3.05) is 0 Å². The second-order valence-electron chi connectivity index (χ2n) is 1.92. The van der Waals surface area contributed by atoms with Gasteiger partial charge in [0.2, 0.25) is 0 Å². The molecule has 1 N–H and O–H groups in total. The average molecular weight is 125 g/mol. The van der Waals surface area contributed by atoms with Crippen LogP contribution in [0.2, 0.25) is 0 Å². The fraction of sp³-hybridized carbons (Fsp3) is 0.571. The molecule has 0 bridgehead atoms. The molecule has 0 aromatic carbocycles. The maximum absolute atomic E-state index is 8.87. The minimum Gasteiger partial charge on any atom is -0.392 e. The van der Waals surface area contributed by atoms with E-state index in [4.69, 9.17) is 10.4 Å². The SMILES string of the molecule is C/C=C/C(C#N)C(C)O. The van der Waals surface area contributed by atoms with Crippen molar-refractivity contribution in [3.8, 4) is 6.07 Å². The Labute approximate surface area is 55.4 Å². The van der Waals surface area contributed by atoms with Crippen LogP contribution in [0.1, 0.15) is 13.8 Å². The third-order valence-corrected chi connectivity index (χ3v) is 1.07. The van der Waals surface area contributed by atoms with Crippen molar-refractivity contribution in [2.45, 2.75) is 20.0 Å². The zero-order valence-electron chi connectivity index (χ0n) is 5.70. The molecule has 2 unspecified atom stereocenters. The Bertz CT molecular complexity index is 132. The summed E-state index contributed by atoms with van der Waals surface area (Å²) in [5.41, 5.74) is 0. The van der Waals surface area contributed by atoms with E-state index in [-0.39, 0.29) is 5.92 Å². The van der Waals surface area contributed by atoms with Crippen LogP contribution in [-0.2, 0) is 0 Å². The van der Waals surface area contributed by atoms with Crippen LogP contribution in [0.5, 0.6) is 0 Å². The first-order valence-corrected chi connectivity index (χ1v) is 2.93. The number of aliphatic hydroxyl groups is 1. The van der Waals surface area contributed by atoms with Crippen LogP contribution in [0, 0.1) is 17.2 Å². The van der Waals surface area contributed by atoms with E-state index < -0.39 is 6.10 Å². The molecular weight excluding hydrogens is 114 g/mol. The topological polar surface area (TPSA) is 44.0 Å². The van der Waals surface area contributed by atoms with Gasteiger partial charge in [-0.05, 0) is 13.8 Å². The summed E-state index contributed by atoms with van der Waals surface area (Å²) < 4.78 is 0. The Morgan fingerprint density at radius 2 is 2.22 bits per heavy atom. The van der Waals surface area contributed by atoms with Gasteiger partial charge in [0.05, 0.1) is 18.1 Å². The molecule has 0 aliphatic rings. The van der Waals surface area contributed by atoms with Crippen LogP contribution in [-0.4, -0.2) is 11.2 Å². The molecule has 2 atom stereocenters. The molecule has 0 aromatic heterocycles. The lowest BCUT2D eigenvalue weighted by Crippen LogP contribution is -2.11. The molecule has 9 heavy (non-hydrogen) atoms. The highest BCUT2D eigenvalue weighted by Gasteiger charge is 2.07. The van der Waals surface area contributed by atoms with Gasteiger partial charge in [-0.3, -0.25) is 0 Å². The highest BCUT2D eigenvalue weighted by Crippen LogP contribution is 2.02. The second kappa shape index (κ2) is 4.11. The van der Waals surface area contributed by atoms with E-state index >= 15 is 0 Å². The molecule has 0 fully saturated rings. The third kappa shape index (κ3) is 2.89. The van der Waals surface area contributed by atoms with Crippen LogP contribution in [0.3, 0.4) is 0 Å². The maximum Gasteiger partial charge on any atom is 0.0899 e. The van der Waals surface area contributed by atoms with Gasteiger partial charge < -0.3 is 5.11 Å². The molecular formula is C7H11NO. The van der Waals surface area contributed by atoms with E-state index in [1.54, 1.807) is 19.1 Å². The summed E-state index contributed by atoms with van der Waals surface area (Å²) in [5, 5.41) is 17.2. The molecule has 0 rings (SSSR count). The quantitative estimate of drug-likeness (QED) is 0.561. The van der Waals surface area contributed by atoms with Crippen LogP contribution >= 0.6 is 0 Å². The lowest BCUT2D eigenvalue weighted by Gasteiger charge is -2.04. The van der Waals surface area contributed by atoms with Gasteiger partial charge in [0, 0.05) is 0 Å². The molecule has 0 saturated carbocycles. The van der Waals surface area contributed by atoms with Gasteiger partial charge in [0.25, 0.3) is 0 Å². The predicted octanol–water partition coefficient (Wildman–Crippen LogP) is 1.08. The van der Waals surface area contributed by atoms with Gasteiger partial charge >= 0.3 is 0 Å². The maximum atomic E-state index is 8.87. The monoisotopic (exact) mass is 125 g/mol. The number of hydrogen-bond donors (Lipinski definition) is 1. The summed E-state index contributed by atoms with van der Waals surface area (Å²) in [5.74, 6) is -0.352. The fourth-order valence-corrected chi connectivity index (χ4v) is 0.519. The van der Waals surface area contributed by atoms with Crippen molar-refractivity contribution < 1.29 is 5.11 Å². The number of aliphatic hydroxyl groups excluding tert-OH is 1. The van der Waals surface area contributed by atoms with Gasteiger partial charge in [-0.15, -0.1) is 0 Å². The van der Waals surface area contributed by atoms with E-state index in [1.165, 1.54) is 0 Å². The lowest BCUT2D eigenvalue weighted by atomic mass is 10.1. The van der Waals surface area contributed by atoms with Crippen molar-refractivity contribution in [1.29, 1.82) is 5.26 Å².